The highest BCUT2D eigenvalue weighted by molar-refractivity contribution is 5.39. The van der Waals surface area contributed by atoms with Crippen LogP contribution in [-0.4, -0.2) is 12.6 Å². The minimum absolute atomic E-state index is 0.702. The molecule has 20 heavy (non-hydrogen) atoms. The second-order valence-corrected chi connectivity index (χ2v) is 6.72. The number of hydrogen-bond donors (Lipinski definition) is 1. The highest BCUT2D eigenvalue weighted by Crippen LogP contribution is 2.31. The van der Waals surface area contributed by atoms with E-state index in [1.807, 2.05) is 0 Å². The summed E-state index contributed by atoms with van der Waals surface area (Å²) in [6, 6.07) is 7.38. The summed E-state index contributed by atoms with van der Waals surface area (Å²) in [6.07, 6.45) is 6.61. The first kappa shape index (κ1) is 13.9. The zero-order valence-electron chi connectivity index (χ0n) is 12.8. The van der Waals surface area contributed by atoms with Gasteiger partial charge in [0.1, 0.15) is 5.75 Å². The van der Waals surface area contributed by atoms with Gasteiger partial charge in [-0.25, -0.2) is 0 Å². The van der Waals surface area contributed by atoms with Gasteiger partial charge in [-0.2, -0.15) is 0 Å². The van der Waals surface area contributed by atoms with Gasteiger partial charge >= 0.3 is 0 Å². The van der Waals surface area contributed by atoms with Crippen LogP contribution in [0.5, 0.6) is 5.75 Å². The number of rotatable bonds is 4. The maximum absolute atomic E-state index is 5.58. The summed E-state index contributed by atoms with van der Waals surface area (Å²) < 4.78 is 5.58. The summed E-state index contributed by atoms with van der Waals surface area (Å²) in [4.78, 5) is 0. The summed E-state index contributed by atoms with van der Waals surface area (Å²) in [5.74, 6) is 2.73. The normalized spacial score (nSPS) is 25.6. The Labute approximate surface area is 122 Å². The number of fused-ring (bicyclic) bond motifs is 1. The van der Waals surface area contributed by atoms with Crippen LogP contribution in [0.3, 0.4) is 0 Å². The fraction of sp³-hybridized carbons (Fsp3) is 0.667. The number of benzene rings is 1. The van der Waals surface area contributed by atoms with Crippen molar-refractivity contribution in [1.82, 2.24) is 5.32 Å². The number of hydrogen-bond acceptors (Lipinski definition) is 2. The van der Waals surface area contributed by atoms with Crippen molar-refractivity contribution in [2.75, 3.05) is 6.61 Å². The summed E-state index contributed by atoms with van der Waals surface area (Å²) in [6.45, 7) is 6.60. The van der Waals surface area contributed by atoms with Crippen LogP contribution in [0.2, 0.25) is 0 Å². The molecule has 1 saturated carbocycles. The van der Waals surface area contributed by atoms with Crippen molar-refractivity contribution in [3.63, 3.8) is 0 Å². The fourth-order valence-corrected chi connectivity index (χ4v) is 3.81. The molecule has 1 N–H and O–H groups in total. The Hall–Kier alpha value is -1.02. The monoisotopic (exact) mass is 273 g/mol. The van der Waals surface area contributed by atoms with Gasteiger partial charge in [0.2, 0.25) is 0 Å². The Kier molecular flexibility index (Phi) is 4.30. The van der Waals surface area contributed by atoms with Gasteiger partial charge in [-0.3, -0.25) is 0 Å². The van der Waals surface area contributed by atoms with Gasteiger partial charge in [0.15, 0.2) is 0 Å². The lowest BCUT2D eigenvalue weighted by Crippen LogP contribution is -2.40. The Morgan fingerprint density at radius 1 is 1.25 bits per heavy atom. The molecule has 2 aliphatic rings. The molecule has 2 heteroatoms. The molecule has 0 amide bonds. The van der Waals surface area contributed by atoms with Crippen molar-refractivity contribution in [1.29, 1.82) is 0 Å². The van der Waals surface area contributed by atoms with Crippen molar-refractivity contribution >= 4 is 0 Å². The first-order chi connectivity index (χ1) is 9.74. The van der Waals surface area contributed by atoms with Gasteiger partial charge in [-0.15, -0.1) is 0 Å². The molecule has 0 saturated heterocycles. The molecule has 0 bridgehead atoms. The lowest BCUT2D eigenvalue weighted by molar-refractivity contribution is 0.204. The highest BCUT2D eigenvalue weighted by atomic mass is 16.5. The Morgan fingerprint density at radius 3 is 2.95 bits per heavy atom. The van der Waals surface area contributed by atoms with E-state index in [-0.39, 0.29) is 0 Å². The molecule has 1 heterocycles. The van der Waals surface area contributed by atoms with E-state index in [1.165, 1.54) is 36.8 Å². The summed E-state index contributed by atoms with van der Waals surface area (Å²) >= 11 is 0. The van der Waals surface area contributed by atoms with Crippen molar-refractivity contribution in [2.45, 2.75) is 58.5 Å². The zero-order valence-corrected chi connectivity index (χ0v) is 12.8. The van der Waals surface area contributed by atoms with E-state index in [9.17, 15) is 0 Å². The largest absolute Gasteiger partial charge is 0.493 e. The van der Waals surface area contributed by atoms with Crippen LogP contribution >= 0.6 is 0 Å². The van der Waals surface area contributed by atoms with Crippen LogP contribution in [0.15, 0.2) is 18.2 Å². The predicted octanol–water partition coefficient (Wildman–Crippen LogP) is 3.93. The first-order valence-corrected chi connectivity index (χ1v) is 8.22. The average molecular weight is 273 g/mol. The van der Waals surface area contributed by atoms with Crippen LogP contribution in [-0.2, 0) is 13.0 Å². The van der Waals surface area contributed by atoms with E-state index in [0.29, 0.717) is 6.04 Å². The molecular formula is C18H27NO. The maximum Gasteiger partial charge on any atom is 0.122 e. The van der Waals surface area contributed by atoms with E-state index in [0.717, 1.165) is 37.2 Å². The standard InChI is InChI=1S/C18H27NO/c1-13(2)16-5-3-4-6-17(16)19-12-14-7-8-18-15(11-14)9-10-20-18/h7-8,11,13,16-17,19H,3-6,9-10,12H2,1-2H3. The van der Waals surface area contributed by atoms with E-state index in [1.54, 1.807) is 0 Å². The van der Waals surface area contributed by atoms with E-state index in [2.05, 4.69) is 37.4 Å². The van der Waals surface area contributed by atoms with E-state index in [4.69, 9.17) is 4.74 Å². The number of ether oxygens (including phenoxy) is 1. The molecule has 2 nitrogen and oxygen atoms in total. The first-order valence-electron chi connectivity index (χ1n) is 8.22. The van der Waals surface area contributed by atoms with E-state index >= 15 is 0 Å². The van der Waals surface area contributed by atoms with Gasteiger partial charge in [0, 0.05) is 19.0 Å². The van der Waals surface area contributed by atoms with Gasteiger partial charge in [0.05, 0.1) is 6.61 Å². The molecule has 2 unspecified atom stereocenters. The summed E-state index contributed by atoms with van der Waals surface area (Å²) in [7, 11) is 0. The Bertz CT molecular complexity index is 455. The van der Waals surface area contributed by atoms with Crippen molar-refractivity contribution in [3.05, 3.63) is 29.3 Å². The SMILES string of the molecule is CC(C)C1CCCCC1NCc1ccc2c(c1)CCO2. The third kappa shape index (κ3) is 3.01. The van der Waals surface area contributed by atoms with Crippen LogP contribution in [0.25, 0.3) is 0 Å². The molecule has 0 spiro atoms. The van der Waals surface area contributed by atoms with Crippen molar-refractivity contribution < 1.29 is 4.74 Å². The van der Waals surface area contributed by atoms with Crippen LogP contribution < -0.4 is 10.1 Å². The Balaban J connectivity index is 1.60. The smallest absolute Gasteiger partial charge is 0.122 e. The molecule has 110 valence electrons. The minimum atomic E-state index is 0.702. The second kappa shape index (κ2) is 6.17. The second-order valence-electron chi connectivity index (χ2n) is 6.72. The molecule has 1 aliphatic carbocycles. The molecular weight excluding hydrogens is 246 g/mol. The predicted molar refractivity (Wildman–Crippen MR) is 83.1 cm³/mol. The lowest BCUT2D eigenvalue weighted by atomic mass is 9.78. The molecule has 3 rings (SSSR count). The van der Waals surface area contributed by atoms with Crippen molar-refractivity contribution in [2.24, 2.45) is 11.8 Å². The van der Waals surface area contributed by atoms with Gasteiger partial charge in [0.25, 0.3) is 0 Å². The molecule has 1 aromatic carbocycles. The fourth-order valence-electron chi connectivity index (χ4n) is 3.81. The maximum atomic E-state index is 5.58. The van der Waals surface area contributed by atoms with Gasteiger partial charge < -0.3 is 10.1 Å². The van der Waals surface area contributed by atoms with Crippen LogP contribution in [0.1, 0.15) is 50.7 Å². The lowest BCUT2D eigenvalue weighted by Gasteiger charge is -2.35. The third-order valence-corrected chi connectivity index (χ3v) is 5.00. The molecule has 2 atom stereocenters. The highest BCUT2D eigenvalue weighted by Gasteiger charge is 2.26. The zero-order chi connectivity index (χ0) is 13.9. The minimum Gasteiger partial charge on any atom is -0.493 e. The molecule has 1 fully saturated rings. The molecule has 0 radical (unpaired) electrons. The summed E-state index contributed by atoms with van der Waals surface area (Å²) in [5.41, 5.74) is 2.79. The number of nitrogens with one attached hydrogen (secondary N) is 1. The molecule has 1 aromatic rings. The third-order valence-electron chi connectivity index (χ3n) is 5.00. The summed E-state index contributed by atoms with van der Waals surface area (Å²) in [5, 5.41) is 3.82. The molecule has 1 aliphatic heterocycles. The quantitative estimate of drug-likeness (QED) is 0.897. The Morgan fingerprint density at radius 2 is 2.10 bits per heavy atom. The van der Waals surface area contributed by atoms with Crippen LogP contribution in [0.4, 0.5) is 0 Å². The van der Waals surface area contributed by atoms with Gasteiger partial charge in [-0.1, -0.05) is 38.8 Å². The van der Waals surface area contributed by atoms with Crippen LogP contribution in [0, 0.1) is 11.8 Å². The van der Waals surface area contributed by atoms with Gasteiger partial charge in [-0.05, 0) is 41.9 Å². The topological polar surface area (TPSA) is 21.3 Å². The molecule has 0 aromatic heterocycles. The van der Waals surface area contributed by atoms with E-state index < -0.39 is 0 Å². The average Bonchev–Trinajstić information content (AvgIpc) is 2.92. The van der Waals surface area contributed by atoms with Crippen molar-refractivity contribution in [3.8, 4) is 5.75 Å².